The van der Waals surface area contributed by atoms with Crippen LogP contribution in [0.2, 0.25) is 0 Å². The van der Waals surface area contributed by atoms with E-state index in [2.05, 4.69) is 64.2 Å². The van der Waals surface area contributed by atoms with Gasteiger partial charge < -0.3 is 5.32 Å². The monoisotopic (exact) mass is 287 g/mol. The quantitative estimate of drug-likeness (QED) is 0.808. The van der Waals surface area contributed by atoms with Crippen LogP contribution in [0.25, 0.3) is 0 Å². The van der Waals surface area contributed by atoms with Gasteiger partial charge in [0.05, 0.1) is 0 Å². The van der Waals surface area contributed by atoms with Crippen LogP contribution < -0.4 is 5.32 Å². The average Bonchev–Trinajstić information content (AvgIpc) is 2.84. The van der Waals surface area contributed by atoms with E-state index >= 15 is 0 Å². The standard InChI is InChI=1S/C20H33N/c1-6-21-19(17-10-7-15(2)13-17)14-16-8-11-18(12-9-16)20(3,4)5/h8-9,11-12,15,17,19,21H,6-7,10,13-14H2,1-5H3. The van der Waals surface area contributed by atoms with Crippen molar-refractivity contribution in [3.05, 3.63) is 35.4 Å². The van der Waals surface area contributed by atoms with Gasteiger partial charge in [-0.1, -0.05) is 65.3 Å². The summed E-state index contributed by atoms with van der Waals surface area (Å²) in [5, 5.41) is 3.74. The van der Waals surface area contributed by atoms with E-state index in [4.69, 9.17) is 0 Å². The van der Waals surface area contributed by atoms with Crippen molar-refractivity contribution in [3.63, 3.8) is 0 Å². The van der Waals surface area contributed by atoms with Crippen molar-refractivity contribution in [2.75, 3.05) is 6.54 Å². The summed E-state index contributed by atoms with van der Waals surface area (Å²) in [7, 11) is 0. The molecule has 3 unspecified atom stereocenters. The predicted octanol–water partition coefficient (Wildman–Crippen LogP) is 4.94. The summed E-state index contributed by atoms with van der Waals surface area (Å²) in [6.07, 6.45) is 5.39. The highest BCUT2D eigenvalue weighted by atomic mass is 14.9. The fraction of sp³-hybridized carbons (Fsp3) is 0.700. The van der Waals surface area contributed by atoms with Gasteiger partial charge in [-0.2, -0.15) is 0 Å². The molecule has 0 amide bonds. The van der Waals surface area contributed by atoms with Crippen molar-refractivity contribution in [1.82, 2.24) is 5.32 Å². The third kappa shape index (κ3) is 4.57. The van der Waals surface area contributed by atoms with Gasteiger partial charge in [0.2, 0.25) is 0 Å². The van der Waals surface area contributed by atoms with Gasteiger partial charge in [-0.05, 0) is 54.2 Å². The van der Waals surface area contributed by atoms with Crippen molar-refractivity contribution in [2.45, 2.75) is 71.8 Å². The number of likely N-dealkylation sites (N-methyl/N-ethyl adjacent to an activating group) is 1. The van der Waals surface area contributed by atoms with Crippen LogP contribution >= 0.6 is 0 Å². The molecule has 1 aromatic carbocycles. The Morgan fingerprint density at radius 1 is 1.14 bits per heavy atom. The third-order valence-electron chi connectivity index (χ3n) is 5.05. The van der Waals surface area contributed by atoms with E-state index in [1.54, 1.807) is 0 Å². The molecule has 0 bridgehead atoms. The van der Waals surface area contributed by atoms with Gasteiger partial charge >= 0.3 is 0 Å². The van der Waals surface area contributed by atoms with E-state index in [9.17, 15) is 0 Å². The minimum Gasteiger partial charge on any atom is -0.314 e. The third-order valence-corrected chi connectivity index (χ3v) is 5.05. The Hall–Kier alpha value is -0.820. The highest BCUT2D eigenvalue weighted by molar-refractivity contribution is 5.28. The van der Waals surface area contributed by atoms with Crippen LogP contribution in [0.15, 0.2) is 24.3 Å². The molecular weight excluding hydrogens is 254 g/mol. The van der Waals surface area contributed by atoms with Gasteiger partial charge in [-0.15, -0.1) is 0 Å². The molecule has 1 heteroatoms. The molecule has 0 radical (unpaired) electrons. The molecule has 1 nitrogen and oxygen atoms in total. The normalized spacial score (nSPS) is 24.2. The highest BCUT2D eigenvalue weighted by Gasteiger charge is 2.28. The van der Waals surface area contributed by atoms with Crippen LogP contribution in [0.1, 0.15) is 65.0 Å². The molecule has 0 saturated heterocycles. The second-order valence-corrected chi connectivity index (χ2v) is 7.99. The first-order valence-corrected chi connectivity index (χ1v) is 8.73. The Morgan fingerprint density at radius 2 is 1.81 bits per heavy atom. The maximum atomic E-state index is 3.74. The molecule has 1 saturated carbocycles. The molecule has 21 heavy (non-hydrogen) atoms. The topological polar surface area (TPSA) is 12.0 Å². The van der Waals surface area contributed by atoms with Gasteiger partial charge in [0, 0.05) is 6.04 Å². The zero-order valence-electron chi connectivity index (χ0n) is 14.6. The van der Waals surface area contributed by atoms with Gasteiger partial charge in [0.1, 0.15) is 0 Å². The lowest BCUT2D eigenvalue weighted by Crippen LogP contribution is -2.37. The molecule has 0 aromatic heterocycles. The maximum absolute atomic E-state index is 3.74. The summed E-state index contributed by atoms with van der Waals surface area (Å²) >= 11 is 0. The molecular formula is C20H33N. The number of hydrogen-bond acceptors (Lipinski definition) is 1. The van der Waals surface area contributed by atoms with Gasteiger partial charge in [-0.3, -0.25) is 0 Å². The van der Waals surface area contributed by atoms with E-state index in [1.165, 1.54) is 36.8 Å². The van der Waals surface area contributed by atoms with Crippen molar-refractivity contribution in [3.8, 4) is 0 Å². The van der Waals surface area contributed by atoms with Crippen LogP contribution in [0, 0.1) is 11.8 Å². The number of benzene rings is 1. The predicted molar refractivity (Wildman–Crippen MR) is 92.8 cm³/mol. The Kier molecular flexibility index (Phi) is 5.48. The lowest BCUT2D eigenvalue weighted by atomic mass is 9.85. The van der Waals surface area contributed by atoms with E-state index in [1.807, 2.05) is 0 Å². The Labute approximate surface area is 131 Å². The van der Waals surface area contributed by atoms with Crippen LogP contribution in [0.3, 0.4) is 0 Å². The van der Waals surface area contributed by atoms with Crippen molar-refractivity contribution in [1.29, 1.82) is 0 Å². The molecule has 0 spiro atoms. The fourth-order valence-corrected chi connectivity index (χ4v) is 3.68. The second-order valence-electron chi connectivity index (χ2n) is 7.99. The molecule has 2 rings (SSSR count). The minimum absolute atomic E-state index is 0.250. The number of nitrogens with one attached hydrogen (secondary N) is 1. The molecule has 0 aliphatic heterocycles. The van der Waals surface area contributed by atoms with Crippen molar-refractivity contribution in [2.24, 2.45) is 11.8 Å². The molecule has 1 aromatic rings. The van der Waals surface area contributed by atoms with Crippen LogP contribution in [0.5, 0.6) is 0 Å². The average molecular weight is 287 g/mol. The van der Waals surface area contributed by atoms with Gasteiger partial charge in [0.15, 0.2) is 0 Å². The van der Waals surface area contributed by atoms with Crippen molar-refractivity contribution < 1.29 is 0 Å². The Balaban J connectivity index is 2.03. The summed E-state index contributed by atoms with van der Waals surface area (Å²) in [4.78, 5) is 0. The summed E-state index contributed by atoms with van der Waals surface area (Å²) in [6.45, 7) is 12.6. The summed E-state index contributed by atoms with van der Waals surface area (Å²) in [5.41, 5.74) is 3.16. The van der Waals surface area contributed by atoms with Gasteiger partial charge in [0.25, 0.3) is 0 Å². The lowest BCUT2D eigenvalue weighted by Gasteiger charge is -2.25. The zero-order chi connectivity index (χ0) is 15.5. The van der Waals surface area contributed by atoms with E-state index in [0.29, 0.717) is 6.04 Å². The van der Waals surface area contributed by atoms with Crippen LogP contribution in [-0.4, -0.2) is 12.6 Å². The largest absolute Gasteiger partial charge is 0.314 e. The Morgan fingerprint density at radius 3 is 2.29 bits per heavy atom. The highest BCUT2D eigenvalue weighted by Crippen LogP contribution is 2.34. The Bertz CT molecular complexity index is 426. The molecule has 1 fully saturated rings. The van der Waals surface area contributed by atoms with E-state index in [0.717, 1.165) is 18.4 Å². The zero-order valence-corrected chi connectivity index (χ0v) is 14.6. The van der Waals surface area contributed by atoms with Gasteiger partial charge in [-0.25, -0.2) is 0 Å². The first-order valence-electron chi connectivity index (χ1n) is 8.73. The molecule has 118 valence electrons. The summed E-state index contributed by atoms with van der Waals surface area (Å²) in [6, 6.07) is 9.96. The SMILES string of the molecule is CCNC(Cc1ccc(C(C)(C)C)cc1)C1CCC(C)C1. The van der Waals surface area contributed by atoms with Crippen LogP contribution in [-0.2, 0) is 11.8 Å². The fourth-order valence-electron chi connectivity index (χ4n) is 3.68. The van der Waals surface area contributed by atoms with E-state index < -0.39 is 0 Å². The summed E-state index contributed by atoms with van der Waals surface area (Å²) in [5.74, 6) is 1.78. The number of hydrogen-bond donors (Lipinski definition) is 1. The van der Waals surface area contributed by atoms with E-state index in [-0.39, 0.29) is 5.41 Å². The molecule has 1 N–H and O–H groups in total. The first kappa shape index (κ1) is 16.5. The minimum atomic E-state index is 0.250. The van der Waals surface area contributed by atoms with Crippen molar-refractivity contribution >= 4 is 0 Å². The molecule has 3 atom stereocenters. The second kappa shape index (κ2) is 6.96. The molecule has 0 heterocycles. The lowest BCUT2D eigenvalue weighted by molar-refractivity contribution is 0.354. The van der Waals surface area contributed by atoms with Crippen LogP contribution in [0.4, 0.5) is 0 Å². The smallest absolute Gasteiger partial charge is 0.0136 e. The molecule has 1 aliphatic carbocycles. The molecule has 1 aliphatic rings. The number of rotatable bonds is 5. The maximum Gasteiger partial charge on any atom is 0.0136 e. The first-order chi connectivity index (χ1) is 9.90. The summed E-state index contributed by atoms with van der Waals surface area (Å²) < 4.78 is 0.